The number of carbonyl (C=O) groups is 2. The van der Waals surface area contributed by atoms with Crippen LogP contribution in [0.5, 0.6) is 0 Å². The number of benzene rings is 2. The molecule has 6 nitrogen and oxygen atoms in total. The Morgan fingerprint density at radius 1 is 0.970 bits per heavy atom. The van der Waals surface area contributed by atoms with Gasteiger partial charge >= 0.3 is 0 Å². The van der Waals surface area contributed by atoms with E-state index in [-0.39, 0.29) is 29.8 Å². The topological polar surface area (TPSA) is 66.4 Å². The molecule has 3 aromatic rings. The summed E-state index contributed by atoms with van der Waals surface area (Å²) in [6, 6.07) is 16.1. The average molecular weight is 445 g/mol. The van der Waals surface area contributed by atoms with Crippen molar-refractivity contribution in [2.24, 2.45) is 0 Å². The summed E-state index contributed by atoms with van der Waals surface area (Å²) in [5.74, 6) is 0.564. The Kier molecular flexibility index (Phi) is 5.86. The summed E-state index contributed by atoms with van der Waals surface area (Å²) >= 11 is 0. The number of aromatic nitrogens is 2. The standard InChI is InChI=1S/C26H25FN4O2/c27-21-8-6-18(7-9-21)14-25(33)30-10-12-31(13-11-30)26-28-17-22-23(29-26)15-20(16-24(22)32)19-4-2-1-3-5-19/h1-9,17,20H,10-16H2. The monoisotopic (exact) mass is 444 g/mol. The third-order valence-electron chi connectivity index (χ3n) is 6.48. The van der Waals surface area contributed by atoms with Crippen LogP contribution in [-0.4, -0.2) is 52.7 Å². The van der Waals surface area contributed by atoms with Crippen molar-refractivity contribution in [2.75, 3.05) is 31.1 Å². The highest BCUT2D eigenvalue weighted by Crippen LogP contribution is 2.32. The van der Waals surface area contributed by atoms with Crippen LogP contribution >= 0.6 is 0 Å². The first-order valence-corrected chi connectivity index (χ1v) is 11.3. The number of amides is 1. The first kappa shape index (κ1) is 21.2. The molecule has 0 N–H and O–H groups in total. The van der Waals surface area contributed by atoms with Crippen LogP contribution in [0.25, 0.3) is 0 Å². The molecule has 0 radical (unpaired) electrons. The molecule has 1 atom stereocenters. The molecule has 2 heterocycles. The maximum atomic E-state index is 13.1. The van der Waals surface area contributed by atoms with Gasteiger partial charge in [0.2, 0.25) is 11.9 Å². The maximum absolute atomic E-state index is 13.1. The van der Waals surface area contributed by atoms with Crippen LogP contribution < -0.4 is 4.90 Å². The highest BCUT2D eigenvalue weighted by molar-refractivity contribution is 5.98. The summed E-state index contributed by atoms with van der Waals surface area (Å²) in [6.07, 6.45) is 3.12. The Morgan fingerprint density at radius 3 is 2.42 bits per heavy atom. The molecule has 33 heavy (non-hydrogen) atoms. The minimum absolute atomic E-state index is 0.0314. The second-order valence-corrected chi connectivity index (χ2v) is 8.64. The molecule has 1 saturated heterocycles. The summed E-state index contributed by atoms with van der Waals surface area (Å²) in [7, 11) is 0. The summed E-state index contributed by atoms with van der Waals surface area (Å²) in [5.41, 5.74) is 3.39. The number of hydrogen-bond donors (Lipinski definition) is 0. The second kappa shape index (κ2) is 9.10. The quantitative estimate of drug-likeness (QED) is 0.617. The zero-order valence-electron chi connectivity index (χ0n) is 18.3. The van der Waals surface area contributed by atoms with Crippen molar-refractivity contribution in [3.63, 3.8) is 0 Å². The van der Waals surface area contributed by atoms with Gasteiger partial charge in [0.1, 0.15) is 5.82 Å². The minimum Gasteiger partial charge on any atom is -0.339 e. The molecule has 2 aromatic carbocycles. The fourth-order valence-electron chi connectivity index (χ4n) is 4.59. The second-order valence-electron chi connectivity index (χ2n) is 8.64. The van der Waals surface area contributed by atoms with E-state index in [0.717, 1.165) is 23.2 Å². The highest BCUT2D eigenvalue weighted by Gasteiger charge is 2.29. The van der Waals surface area contributed by atoms with Gasteiger partial charge in [0.25, 0.3) is 0 Å². The van der Waals surface area contributed by atoms with Gasteiger partial charge in [-0.2, -0.15) is 0 Å². The van der Waals surface area contributed by atoms with E-state index in [1.54, 1.807) is 18.3 Å². The Bertz CT molecular complexity index is 1160. The van der Waals surface area contributed by atoms with Gasteiger partial charge in [0.05, 0.1) is 17.7 Å². The summed E-state index contributed by atoms with van der Waals surface area (Å²) in [6.45, 7) is 2.41. The number of fused-ring (bicyclic) bond motifs is 1. The summed E-state index contributed by atoms with van der Waals surface area (Å²) < 4.78 is 13.1. The van der Waals surface area contributed by atoms with E-state index >= 15 is 0 Å². The molecule has 0 spiro atoms. The van der Waals surface area contributed by atoms with E-state index in [1.165, 1.54) is 12.1 Å². The van der Waals surface area contributed by atoms with Crippen molar-refractivity contribution >= 4 is 17.6 Å². The molecular formula is C26H25FN4O2. The Labute approximate surface area is 192 Å². The number of piperazine rings is 1. The molecule has 1 fully saturated rings. The van der Waals surface area contributed by atoms with Crippen LogP contribution in [0.2, 0.25) is 0 Å². The molecule has 2 aliphatic rings. The maximum Gasteiger partial charge on any atom is 0.227 e. The number of rotatable bonds is 4. The van der Waals surface area contributed by atoms with Crippen LogP contribution in [0.1, 0.15) is 39.5 Å². The van der Waals surface area contributed by atoms with E-state index in [0.29, 0.717) is 44.1 Å². The number of Topliss-reactive ketones (excluding diaryl/α,β-unsaturated/α-hetero) is 1. The Balaban J connectivity index is 1.24. The largest absolute Gasteiger partial charge is 0.339 e. The third-order valence-corrected chi connectivity index (χ3v) is 6.48. The molecule has 0 bridgehead atoms. The molecule has 5 rings (SSSR count). The van der Waals surface area contributed by atoms with E-state index in [1.807, 2.05) is 23.1 Å². The van der Waals surface area contributed by atoms with Crippen LogP contribution in [0.3, 0.4) is 0 Å². The van der Waals surface area contributed by atoms with E-state index in [2.05, 4.69) is 22.0 Å². The lowest BCUT2D eigenvalue weighted by Crippen LogP contribution is -2.49. The van der Waals surface area contributed by atoms with Crippen molar-refractivity contribution < 1.29 is 14.0 Å². The van der Waals surface area contributed by atoms with Gasteiger partial charge in [-0.3, -0.25) is 9.59 Å². The lowest BCUT2D eigenvalue weighted by molar-refractivity contribution is -0.130. The lowest BCUT2D eigenvalue weighted by Gasteiger charge is -2.35. The minimum atomic E-state index is -0.304. The number of nitrogens with zero attached hydrogens (tertiary/aromatic N) is 4. The number of ketones is 1. The van der Waals surface area contributed by atoms with Crippen molar-refractivity contribution in [3.8, 4) is 0 Å². The van der Waals surface area contributed by atoms with Crippen molar-refractivity contribution in [1.29, 1.82) is 0 Å². The Hall–Kier alpha value is -3.61. The first-order chi connectivity index (χ1) is 16.1. The van der Waals surface area contributed by atoms with E-state index < -0.39 is 0 Å². The Morgan fingerprint density at radius 2 is 1.70 bits per heavy atom. The fraction of sp³-hybridized carbons (Fsp3) is 0.308. The van der Waals surface area contributed by atoms with Crippen LogP contribution in [-0.2, 0) is 17.6 Å². The molecular weight excluding hydrogens is 419 g/mol. The van der Waals surface area contributed by atoms with Crippen LogP contribution in [0, 0.1) is 5.82 Å². The number of halogens is 1. The summed E-state index contributed by atoms with van der Waals surface area (Å²) in [4.78, 5) is 38.4. The van der Waals surface area contributed by atoms with Gasteiger partial charge in [-0.05, 0) is 35.6 Å². The molecule has 1 aromatic heterocycles. The predicted molar refractivity (Wildman–Crippen MR) is 123 cm³/mol. The molecule has 1 amide bonds. The number of carbonyl (C=O) groups excluding carboxylic acids is 2. The first-order valence-electron chi connectivity index (χ1n) is 11.3. The van der Waals surface area contributed by atoms with Crippen molar-refractivity contribution in [1.82, 2.24) is 14.9 Å². The average Bonchev–Trinajstić information content (AvgIpc) is 2.85. The van der Waals surface area contributed by atoms with Crippen LogP contribution in [0.15, 0.2) is 60.8 Å². The van der Waals surface area contributed by atoms with Crippen LogP contribution in [0.4, 0.5) is 10.3 Å². The molecule has 1 unspecified atom stereocenters. The number of anilines is 1. The predicted octanol–water partition coefficient (Wildman–Crippen LogP) is 3.42. The van der Waals surface area contributed by atoms with E-state index in [9.17, 15) is 14.0 Å². The zero-order chi connectivity index (χ0) is 22.8. The van der Waals surface area contributed by atoms with Gasteiger partial charge in [-0.25, -0.2) is 14.4 Å². The molecule has 168 valence electrons. The van der Waals surface area contributed by atoms with Gasteiger partial charge in [0, 0.05) is 38.8 Å². The molecule has 1 aliphatic carbocycles. The van der Waals surface area contributed by atoms with Crippen molar-refractivity contribution in [3.05, 3.63) is 89.0 Å². The number of hydrogen-bond acceptors (Lipinski definition) is 5. The third kappa shape index (κ3) is 4.62. The van der Waals surface area contributed by atoms with E-state index in [4.69, 9.17) is 4.98 Å². The zero-order valence-corrected chi connectivity index (χ0v) is 18.3. The molecule has 0 saturated carbocycles. The molecule has 1 aliphatic heterocycles. The van der Waals surface area contributed by atoms with Gasteiger partial charge in [-0.1, -0.05) is 42.5 Å². The highest BCUT2D eigenvalue weighted by atomic mass is 19.1. The van der Waals surface area contributed by atoms with Gasteiger partial charge in [-0.15, -0.1) is 0 Å². The fourth-order valence-corrected chi connectivity index (χ4v) is 4.59. The normalized spacial score (nSPS) is 18.2. The smallest absolute Gasteiger partial charge is 0.227 e. The SMILES string of the molecule is O=C1CC(c2ccccc2)Cc2nc(N3CCN(C(=O)Cc4ccc(F)cc4)CC3)ncc21. The summed E-state index contributed by atoms with van der Waals surface area (Å²) in [5, 5.41) is 0. The lowest BCUT2D eigenvalue weighted by atomic mass is 9.82. The van der Waals surface area contributed by atoms with Gasteiger partial charge in [0.15, 0.2) is 5.78 Å². The van der Waals surface area contributed by atoms with Crippen molar-refractivity contribution in [2.45, 2.75) is 25.2 Å². The van der Waals surface area contributed by atoms with Gasteiger partial charge < -0.3 is 9.80 Å². The molecule has 7 heteroatoms.